The van der Waals surface area contributed by atoms with Gasteiger partial charge in [0.2, 0.25) is 11.8 Å². The van der Waals surface area contributed by atoms with E-state index in [1.165, 1.54) is 0 Å². The lowest BCUT2D eigenvalue weighted by molar-refractivity contribution is -0.119. The first-order chi connectivity index (χ1) is 13.8. The number of rotatable bonds is 5. The number of carbonyl (C=O) groups excluding carboxylic acids is 2. The molecule has 3 rings (SSSR count). The number of anilines is 1. The van der Waals surface area contributed by atoms with Gasteiger partial charge in [-0.3, -0.25) is 10.1 Å². The van der Waals surface area contributed by atoms with Crippen molar-refractivity contribution in [3.05, 3.63) is 59.2 Å². The average Bonchev–Trinajstić information content (AvgIpc) is 3.13. The second-order valence-corrected chi connectivity index (χ2v) is 8.05. The van der Waals surface area contributed by atoms with Crippen molar-refractivity contribution in [2.24, 2.45) is 0 Å². The molecule has 1 heterocycles. The van der Waals surface area contributed by atoms with Gasteiger partial charge in [0.05, 0.1) is 5.25 Å². The summed E-state index contributed by atoms with van der Waals surface area (Å²) in [5.74, 6) is -0.0694. The number of thioether (sulfide) groups is 1. The third kappa shape index (κ3) is 5.45. The number of imide groups is 1. The predicted octanol–water partition coefficient (Wildman–Crippen LogP) is 4.49. The lowest BCUT2D eigenvalue weighted by Gasteiger charge is -2.12. The Kier molecular flexibility index (Phi) is 6.33. The van der Waals surface area contributed by atoms with Crippen LogP contribution in [0.1, 0.15) is 23.6 Å². The maximum absolute atomic E-state index is 12.3. The molecule has 0 saturated carbocycles. The molecule has 1 aromatic heterocycles. The molecule has 8 heteroatoms. The molecule has 3 aromatic rings. The summed E-state index contributed by atoms with van der Waals surface area (Å²) in [5, 5.41) is 12.7. The summed E-state index contributed by atoms with van der Waals surface area (Å²) in [4.78, 5) is 24.4. The third-order valence-electron chi connectivity index (χ3n) is 4.22. The minimum Gasteiger partial charge on any atom is -0.411 e. The van der Waals surface area contributed by atoms with E-state index in [4.69, 9.17) is 4.42 Å². The van der Waals surface area contributed by atoms with Crippen molar-refractivity contribution in [3.8, 4) is 11.5 Å². The van der Waals surface area contributed by atoms with Crippen LogP contribution in [0.2, 0.25) is 0 Å². The molecule has 150 valence electrons. The second-order valence-electron chi connectivity index (χ2n) is 6.76. The summed E-state index contributed by atoms with van der Waals surface area (Å²) in [6, 6.07) is 12.8. The number of hydrogen-bond donors (Lipinski definition) is 2. The first kappa shape index (κ1) is 20.6. The largest absolute Gasteiger partial charge is 0.411 e. The van der Waals surface area contributed by atoms with E-state index in [9.17, 15) is 9.59 Å². The van der Waals surface area contributed by atoms with Crippen LogP contribution >= 0.6 is 11.8 Å². The van der Waals surface area contributed by atoms with Gasteiger partial charge in [0.25, 0.3) is 5.22 Å². The fourth-order valence-electron chi connectivity index (χ4n) is 2.60. The summed E-state index contributed by atoms with van der Waals surface area (Å²) < 4.78 is 5.62. The number of aromatic nitrogens is 2. The van der Waals surface area contributed by atoms with Gasteiger partial charge in [0.1, 0.15) is 0 Å². The molecule has 0 aliphatic rings. The van der Waals surface area contributed by atoms with Crippen molar-refractivity contribution >= 4 is 29.4 Å². The number of aryl methyl sites for hydroxylation is 3. The highest BCUT2D eigenvalue weighted by Crippen LogP contribution is 2.26. The Labute approximate surface area is 173 Å². The average molecular weight is 410 g/mol. The fraction of sp³-hybridized carbons (Fsp3) is 0.238. The van der Waals surface area contributed by atoms with E-state index in [2.05, 4.69) is 20.8 Å². The van der Waals surface area contributed by atoms with E-state index in [0.717, 1.165) is 34.0 Å². The Morgan fingerprint density at radius 2 is 1.69 bits per heavy atom. The molecule has 0 spiro atoms. The van der Waals surface area contributed by atoms with E-state index in [-0.39, 0.29) is 5.22 Å². The van der Waals surface area contributed by atoms with Gasteiger partial charge in [0, 0.05) is 11.3 Å². The lowest BCUT2D eigenvalue weighted by Crippen LogP contribution is -2.39. The van der Waals surface area contributed by atoms with Gasteiger partial charge < -0.3 is 9.73 Å². The van der Waals surface area contributed by atoms with Crippen molar-refractivity contribution in [1.29, 1.82) is 0 Å². The molecule has 1 atom stereocenters. The third-order valence-corrected chi connectivity index (χ3v) is 5.15. The number of amides is 3. The van der Waals surface area contributed by atoms with E-state index in [1.54, 1.807) is 13.0 Å². The first-order valence-corrected chi connectivity index (χ1v) is 9.96. The van der Waals surface area contributed by atoms with Crippen LogP contribution in [0.4, 0.5) is 10.5 Å². The molecule has 0 radical (unpaired) electrons. The second kappa shape index (κ2) is 8.91. The van der Waals surface area contributed by atoms with Gasteiger partial charge in [-0.1, -0.05) is 47.2 Å². The van der Waals surface area contributed by atoms with Crippen LogP contribution in [-0.2, 0) is 4.79 Å². The number of nitrogens with one attached hydrogen (secondary N) is 2. The molecule has 0 bridgehead atoms. The van der Waals surface area contributed by atoms with Crippen molar-refractivity contribution in [1.82, 2.24) is 15.5 Å². The van der Waals surface area contributed by atoms with Crippen LogP contribution in [-0.4, -0.2) is 27.4 Å². The summed E-state index contributed by atoms with van der Waals surface area (Å²) in [6.45, 7) is 7.53. The zero-order chi connectivity index (χ0) is 21.0. The quantitative estimate of drug-likeness (QED) is 0.602. The Hall–Kier alpha value is -3.13. The smallest absolute Gasteiger partial charge is 0.325 e. The number of benzene rings is 2. The molecule has 2 N–H and O–H groups in total. The van der Waals surface area contributed by atoms with Crippen molar-refractivity contribution < 1.29 is 14.0 Å². The lowest BCUT2D eigenvalue weighted by atomic mass is 10.1. The minimum atomic E-state index is -0.591. The molecule has 3 amide bonds. The number of nitrogens with zero attached hydrogens (tertiary/aromatic N) is 2. The zero-order valence-corrected chi connectivity index (χ0v) is 17.5. The standard InChI is InChI=1S/C21H22N4O3S/c1-12-5-8-16(9-6-12)19-24-25-21(28-19)29-15(4)18(26)23-20(27)22-17-10-7-13(2)11-14(17)3/h5-11,15H,1-4H3,(H2,22,23,26,27)/t15-/m1/s1. The van der Waals surface area contributed by atoms with Crippen molar-refractivity contribution in [2.45, 2.75) is 38.2 Å². The molecule has 0 saturated heterocycles. The Bertz CT molecular complexity index is 1030. The molecule has 0 unspecified atom stereocenters. The van der Waals surface area contributed by atoms with Crippen molar-refractivity contribution in [2.75, 3.05) is 5.32 Å². The molecule has 29 heavy (non-hydrogen) atoms. The molecule has 7 nitrogen and oxygen atoms in total. The van der Waals surface area contributed by atoms with Crippen LogP contribution in [0.3, 0.4) is 0 Å². The number of hydrogen-bond acceptors (Lipinski definition) is 6. The normalized spacial score (nSPS) is 11.7. The number of carbonyl (C=O) groups is 2. The topological polar surface area (TPSA) is 97.1 Å². The highest BCUT2D eigenvalue weighted by Gasteiger charge is 2.21. The Balaban J connectivity index is 1.56. The highest BCUT2D eigenvalue weighted by atomic mass is 32.2. The van der Waals surface area contributed by atoms with E-state index in [1.807, 2.05) is 57.2 Å². The summed E-state index contributed by atoms with van der Waals surface area (Å²) >= 11 is 1.09. The monoisotopic (exact) mass is 410 g/mol. The summed E-state index contributed by atoms with van der Waals surface area (Å²) in [6.07, 6.45) is 0. The predicted molar refractivity (Wildman–Crippen MR) is 113 cm³/mol. The summed E-state index contributed by atoms with van der Waals surface area (Å²) in [7, 11) is 0. The first-order valence-electron chi connectivity index (χ1n) is 9.08. The molecule has 2 aromatic carbocycles. The maximum Gasteiger partial charge on any atom is 0.325 e. The Morgan fingerprint density at radius 3 is 2.38 bits per heavy atom. The van der Waals surface area contributed by atoms with Gasteiger partial charge in [-0.2, -0.15) is 0 Å². The van der Waals surface area contributed by atoms with Crippen LogP contribution in [0, 0.1) is 20.8 Å². The van der Waals surface area contributed by atoms with E-state index >= 15 is 0 Å². The van der Waals surface area contributed by atoms with Crippen LogP contribution < -0.4 is 10.6 Å². The zero-order valence-electron chi connectivity index (χ0n) is 16.6. The fourth-order valence-corrected chi connectivity index (χ4v) is 3.28. The van der Waals surface area contributed by atoms with Crippen LogP contribution in [0.25, 0.3) is 11.5 Å². The maximum atomic E-state index is 12.3. The van der Waals surface area contributed by atoms with E-state index < -0.39 is 17.2 Å². The van der Waals surface area contributed by atoms with Gasteiger partial charge in [-0.05, 0) is 51.5 Å². The van der Waals surface area contributed by atoms with E-state index in [0.29, 0.717) is 11.6 Å². The molecular weight excluding hydrogens is 388 g/mol. The SMILES string of the molecule is Cc1ccc(-c2nnc(S[C@H](C)C(=O)NC(=O)Nc3ccc(C)cc3C)o2)cc1. The number of urea groups is 1. The van der Waals surface area contributed by atoms with Gasteiger partial charge in [0.15, 0.2) is 0 Å². The molecule has 0 aliphatic carbocycles. The highest BCUT2D eigenvalue weighted by molar-refractivity contribution is 8.00. The Morgan fingerprint density at radius 1 is 1.00 bits per heavy atom. The van der Waals surface area contributed by atoms with Gasteiger partial charge in [-0.25, -0.2) is 4.79 Å². The van der Waals surface area contributed by atoms with Crippen LogP contribution in [0.15, 0.2) is 52.1 Å². The molecule has 0 aliphatic heterocycles. The van der Waals surface area contributed by atoms with Gasteiger partial charge in [-0.15, -0.1) is 10.2 Å². The van der Waals surface area contributed by atoms with Gasteiger partial charge >= 0.3 is 6.03 Å². The van der Waals surface area contributed by atoms with Crippen LogP contribution in [0.5, 0.6) is 0 Å². The van der Waals surface area contributed by atoms with Crippen molar-refractivity contribution in [3.63, 3.8) is 0 Å². The minimum absolute atomic E-state index is 0.262. The molecule has 0 fully saturated rings. The summed E-state index contributed by atoms with van der Waals surface area (Å²) in [5.41, 5.74) is 4.61. The molecular formula is C21H22N4O3S.